The van der Waals surface area contributed by atoms with E-state index in [1.54, 1.807) is 24.2 Å². The molecule has 3 heterocycles. The molecular weight excluding hydrogens is 299 g/mol. The molecule has 0 spiro atoms. The van der Waals surface area contributed by atoms with Crippen LogP contribution in [0.2, 0.25) is 5.02 Å². The Kier molecular flexibility index (Phi) is 3.34. The van der Waals surface area contributed by atoms with E-state index in [-0.39, 0.29) is 17.3 Å². The van der Waals surface area contributed by atoms with Crippen LogP contribution in [0.5, 0.6) is 0 Å². The Morgan fingerprint density at radius 1 is 1.50 bits per heavy atom. The fourth-order valence-electron chi connectivity index (χ4n) is 2.61. The van der Waals surface area contributed by atoms with Crippen molar-refractivity contribution in [2.24, 2.45) is 0 Å². The van der Waals surface area contributed by atoms with Gasteiger partial charge in [-0.3, -0.25) is 9.36 Å². The molecule has 1 aliphatic rings. The number of alkyl halides is 1. The van der Waals surface area contributed by atoms with Crippen molar-refractivity contribution >= 4 is 40.3 Å². The number of amides is 1. The lowest BCUT2D eigenvalue weighted by Crippen LogP contribution is -2.25. The van der Waals surface area contributed by atoms with Crippen LogP contribution in [-0.4, -0.2) is 38.9 Å². The van der Waals surface area contributed by atoms with Crippen molar-refractivity contribution in [3.8, 4) is 0 Å². The molecule has 2 aromatic rings. The second-order valence-corrected chi connectivity index (χ2v) is 6.11. The van der Waals surface area contributed by atoms with Gasteiger partial charge in [0, 0.05) is 19.8 Å². The van der Waals surface area contributed by atoms with Crippen LogP contribution in [0.3, 0.4) is 0 Å². The fourth-order valence-corrected chi connectivity index (χ4v) is 2.91. The number of aromatic nitrogens is 3. The van der Waals surface area contributed by atoms with Gasteiger partial charge in [0.25, 0.3) is 0 Å². The van der Waals surface area contributed by atoms with Gasteiger partial charge < -0.3 is 4.90 Å². The number of carbonyl (C=O) groups excluding carboxylic acids is 1. The zero-order valence-electron chi connectivity index (χ0n) is 11.2. The van der Waals surface area contributed by atoms with E-state index in [2.05, 4.69) is 9.97 Å². The number of nitrogens with zero attached hydrogens (tertiary/aromatic N) is 4. The van der Waals surface area contributed by atoms with Crippen molar-refractivity contribution < 1.29 is 4.79 Å². The smallest absolute Gasteiger partial charge is 0.245 e. The van der Waals surface area contributed by atoms with E-state index in [4.69, 9.17) is 23.2 Å². The average molecular weight is 313 g/mol. The Hall–Kier alpha value is -1.33. The monoisotopic (exact) mass is 312 g/mol. The molecule has 5 nitrogen and oxygen atoms in total. The summed E-state index contributed by atoms with van der Waals surface area (Å²) in [6.45, 7) is 2.57. The van der Waals surface area contributed by atoms with E-state index in [1.165, 1.54) is 0 Å². The van der Waals surface area contributed by atoms with Crippen LogP contribution in [0, 0.1) is 0 Å². The predicted octanol–water partition coefficient (Wildman–Crippen LogP) is 2.79. The maximum Gasteiger partial charge on any atom is 0.245 e. The van der Waals surface area contributed by atoms with Crippen molar-refractivity contribution in [2.75, 3.05) is 13.6 Å². The molecule has 2 atom stereocenters. The Morgan fingerprint density at radius 2 is 2.25 bits per heavy atom. The Labute approximate surface area is 126 Å². The lowest BCUT2D eigenvalue weighted by Gasteiger charge is -2.16. The first-order valence-corrected chi connectivity index (χ1v) is 7.23. The number of likely N-dealkylation sites (N-methyl/N-ethyl adjacent to an activating group) is 1. The summed E-state index contributed by atoms with van der Waals surface area (Å²) in [7, 11) is 1.80. The molecule has 0 aromatic carbocycles. The standard InChI is InChI=1S/C13H14Cl2N4O/c1-7(14)11-17-9-5-8(15)6-16-12(9)19(11)10-3-4-18(2)13(10)20/h5-7,10H,3-4H2,1-2H3. The Balaban J connectivity index is 2.22. The molecule has 1 aliphatic heterocycles. The van der Waals surface area contributed by atoms with Gasteiger partial charge in [0.15, 0.2) is 5.65 Å². The summed E-state index contributed by atoms with van der Waals surface area (Å²) in [6.07, 6.45) is 2.30. The third kappa shape index (κ3) is 2.05. The molecule has 1 saturated heterocycles. The van der Waals surface area contributed by atoms with E-state index < -0.39 is 0 Å². The number of likely N-dealkylation sites (tertiary alicyclic amines) is 1. The summed E-state index contributed by atoms with van der Waals surface area (Å²) in [5, 5.41) is 0.215. The van der Waals surface area contributed by atoms with Gasteiger partial charge in [0.05, 0.1) is 10.4 Å². The number of rotatable bonds is 2. The summed E-state index contributed by atoms with van der Waals surface area (Å²) < 4.78 is 1.86. The third-order valence-corrected chi connectivity index (χ3v) is 3.99. The number of hydrogen-bond donors (Lipinski definition) is 0. The molecule has 0 N–H and O–H groups in total. The highest BCUT2D eigenvalue weighted by molar-refractivity contribution is 6.31. The predicted molar refractivity (Wildman–Crippen MR) is 78.1 cm³/mol. The number of carbonyl (C=O) groups is 1. The summed E-state index contributed by atoms with van der Waals surface area (Å²) in [4.78, 5) is 22.8. The van der Waals surface area contributed by atoms with Crippen LogP contribution >= 0.6 is 23.2 Å². The van der Waals surface area contributed by atoms with Crippen LogP contribution in [0.25, 0.3) is 11.2 Å². The lowest BCUT2D eigenvalue weighted by atomic mass is 10.2. The highest BCUT2D eigenvalue weighted by Crippen LogP contribution is 2.32. The van der Waals surface area contributed by atoms with Gasteiger partial charge in [-0.05, 0) is 19.4 Å². The molecule has 106 valence electrons. The van der Waals surface area contributed by atoms with E-state index in [0.29, 0.717) is 22.0 Å². The molecular formula is C13H14Cl2N4O. The number of imidazole rings is 1. The van der Waals surface area contributed by atoms with E-state index in [9.17, 15) is 4.79 Å². The van der Waals surface area contributed by atoms with Crippen LogP contribution < -0.4 is 0 Å². The van der Waals surface area contributed by atoms with E-state index in [1.807, 2.05) is 11.5 Å². The second-order valence-electron chi connectivity index (χ2n) is 5.02. The van der Waals surface area contributed by atoms with Crippen LogP contribution in [0.4, 0.5) is 0 Å². The van der Waals surface area contributed by atoms with Crippen LogP contribution in [-0.2, 0) is 4.79 Å². The highest BCUT2D eigenvalue weighted by atomic mass is 35.5. The van der Waals surface area contributed by atoms with Gasteiger partial charge in [-0.2, -0.15) is 0 Å². The number of fused-ring (bicyclic) bond motifs is 1. The molecule has 0 bridgehead atoms. The summed E-state index contributed by atoms with van der Waals surface area (Å²) in [5.41, 5.74) is 1.33. The molecule has 0 radical (unpaired) electrons. The van der Waals surface area contributed by atoms with Crippen molar-refractivity contribution in [3.63, 3.8) is 0 Å². The van der Waals surface area contributed by atoms with Gasteiger partial charge in [-0.1, -0.05) is 11.6 Å². The molecule has 0 aliphatic carbocycles. The van der Waals surface area contributed by atoms with Crippen molar-refractivity contribution in [3.05, 3.63) is 23.1 Å². The second kappa shape index (κ2) is 4.90. The van der Waals surface area contributed by atoms with Gasteiger partial charge in [-0.15, -0.1) is 11.6 Å². The first kappa shape index (κ1) is 13.6. The quantitative estimate of drug-likeness (QED) is 0.801. The van der Waals surface area contributed by atoms with Crippen molar-refractivity contribution in [1.29, 1.82) is 0 Å². The Bertz CT molecular complexity index is 682. The van der Waals surface area contributed by atoms with Gasteiger partial charge >= 0.3 is 0 Å². The molecule has 0 saturated carbocycles. The first-order valence-electron chi connectivity index (χ1n) is 6.41. The minimum absolute atomic E-state index is 0.0691. The molecule has 2 aromatic heterocycles. The van der Waals surface area contributed by atoms with Crippen molar-refractivity contribution in [2.45, 2.75) is 24.8 Å². The molecule has 7 heteroatoms. The van der Waals surface area contributed by atoms with E-state index >= 15 is 0 Å². The maximum absolute atomic E-state index is 12.3. The average Bonchev–Trinajstić information content (AvgIpc) is 2.91. The lowest BCUT2D eigenvalue weighted by molar-refractivity contribution is -0.129. The summed E-state index contributed by atoms with van der Waals surface area (Å²) in [5.74, 6) is 0.727. The zero-order valence-corrected chi connectivity index (χ0v) is 12.7. The van der Waals surface area contributed by atoms with Gasteiger partial charge in [-0.25, -0.2) is 9.97 Å². The maximum atomic E-state index is 12.3. The topological polar surface area (TPSA) is 51.0 Å². The van der Waals surface area contributed by atoms with Crippen molar-refractivity contribution in [1.82, 2.24) is 19.4 Å². The third-order valence-electron chi connectivity index (χ3n) is 3.59. The SMILES string of the molecule is CC(Cl)c1nc2cc(Cl)cnc2n1C1CCN(C)C1=O. The van der Waals surface area contributed by atoms with Crippen LogP contribution in [0.15, 0.2) is 12.3 Å². The number of hydrogen-bond acceptors (Lipinski definition) is 3. The van der Waals surface area contributed by atoms with Crippen LogP contribution in [0.1, 0.15) is 30.6 Å². The minimum Gasteiger partial charge on any atom is -0.344 e. The molecule has 3 rings (SSSR count). The number of pyridine rings is 1. The first-order chi connectivity index (χ1) is 9.49. The Morgan fingerprint density at radius 3 is 2.85 bits per heavy atom. The minimum atomic E-state index is -0.304. The summed E-state index contributed by atoms with van der Waals surface area (Å²) >= 11 is 12.2. The van der Waals surface area contributed by atoms with Gasteiger partial charge in [0.2, 0.25) is 5.91 Å². The molecule has 1 fully saturated rings. The fraction of sp³-hybridized carbons (Fsp3) is 0.462. The van der Waals surface area contributed by atoms with Gasteiger partial charge in [0.1, 0.15) is 17.4 Å². The normalized spacial score (nSPS) is 20.9. The zero-order chi connectivity index (χ0) is 14.4. The van der Waals surface area contributed by atoms with E-state index in [0.717, 1.165) is 13.0 Å². The summed E-state index contributed by atoms with van der Waals surface area (Å²) in [6, 6.07) is 1.46. The molecule has 2 unspecified atom stereocenters. The largest absolute Gasteiger partial charge is 0.344 e. The molecule has 20 heavy (non-hydrogen) atoms. The highest BCUT2D eigenvalue weighted by Gasteiger charge is 2.34. The number of halogens is 2. The molecule has 1 amide bonds.